The van der Waals surface area contributed by atoms with Gasteiger partial charge in [0.1, 0.15) is 0 Å². The van der Waals surface area contributed by atoms with Gasteiger partial charge in [-0.05, 0) is 43.2 Å². The Labute approximate surface area is 121 Å². The second kappa shape index (κ2) is 4.83. The Morgan fingerprint density at radius 2 is 1.85 bits per heavy atom. The molecule has 0 aromatic heterocycles. The lowest BCUT2D eigenvalue weighted by atomic mass is 9.98. The van der Waals surface area contributed by atoms with E-state index < -0.39 is 0 Å². The smallest absolute Gasteiger partial charge is 0.0614 e. The number of fused-ring (bicyclic) bond motifs is 1. The van der Waals surface area contributed by atoms with Crippen molar-refractivity contribution in [2.24, 2.45) is 0 Å². The van der Waals surface area contributed by atoms with E-state index in [2.05, 4.69) is 34.5 Å². The molecule has 108 valence electrons. The minimum atomic E-state index is 0.000603. The van der Waals surface area contributed by atoms with E-state index in [0.29, 0.717) is 18.7 Å². The lowest BCUT2D eigenvalue weighted by molar-refractivity contribution is 0.140. The van der Waals surface area contributed by atoms with Gasteiger partial charge in [-0.15, -0.1) is 0 Å². The summed E-state index contributed by atoms with van der Waals surface area (Å²) in [6, 6.07) is 10.1. The Morgan fingerprint density at radius 1 is 1.15 bits per heavy atom. The van der Waals surface area contributed by atoms with Crippen molar-refractivity contribution in [3.8, 4) is 0 Å². The van der Waals surface area contributed by atoms with Crippen LogP contribution in [0.1, 0.15) is 43.2 Å². The summed E-state index contributed by atoms with van der Waals surface area (Å²) in [5.41, 5.74) is 2.98. The molecule has 0 amide bonds. The third-order valence-corrected chi connectivity index (χ3v) is 5.35. The zero-order chi connectivity index (χ0) is 13.6. The van der Waals surface area contributed by atoms with Crippen molar-refractivity contribution in [1.82, 2.24) is 10.2 Å². The number of hydrogen-bond donors (Lipinski definition) is 2. The normalized spacial score (nSPS) is 33.5. The third-order valence-electron chi connectivity index (χ3n) is 5.35. The summed E-state index contributed by atoms with van der Waals surface area (Å²) in [5, 5.41) is 13.6. The molecule has 0 radical (unpaired) electrons. The predicted molar refractivity (Wildman–Crippen MR) is 79.3 cm³/mol. The molecule has 1 aromatic carbocycles. The van der Waals surface area contributed by atoms with Gasteiger partial charge >= 0.3 is 0 Å². The average Bonchev–Trinajstić information content (AvgIpc) is 3.03. The van der Waals surface area contributed by atoms with Crippen molar-refractivity contribution < 1.29 is 5.11 Å². The molecule has 2 unspecified atom stereocenters. The quantitative estimate of drug-likeness (QED) is 0.880. The molecule has 1 heterocycles. The molecule has 0 saturated heterocycles. The lowest BCUT2D eigenvalue weighted by Gasteiger charge is -2.30. The van der Waals surface area contributed by atoms with Crippen LogP contribution in [0, 0.1) is 0 Å². The molecule has 0 bridgehead atoms. The molecule has 1 aromatic rings. The van der Waals surface area contributed by atoms with Gasteiger partial charge in [-0.3, -0.25) is 4.90 Å². The van der Waals surface area contributed by atoms with Gasteiger partial charge in [-0.25, -0.2) is 0 Å². The molecule has 2 saturated carbocycles. The summed E-state index contributed by atoms with van der Waals surface area (Å²) in [5.74, 6) is 0. The topological polar surface area (TPSA) is 35.5 Å². The van der Waals surface area contributed by atoms with E-state index in [1.165, 1.54) is 30.4 Å². The summed E-state index contributed by atoms with van der Waals surface area (Å²) < 4.78 is 0. The van der Waals surface area contributed by atoms with Crippen molar-refractivity contribution in [2.75, 3.05) is 6.61 Å². The highest BCUT2D eigenvalue weighted by molar-refractivity contribution is 5.30. The van der Waals surface area contributed by atoms with Crippen LogP contribution < -0.4 is 5.32 Å². The van der Waals surface area contributed by atoms with Crippen molar-refractivity contribution in [3.63, 3.8) is 0 Å². The maximum Gasteiger partial charge on any atom is 0.0614 e. The van der Waals surface area contributed by atoms with Crippen LogP contribution in [0.15, 0.2) is 24.3 Å². The summed E-state index contributed by atoms with van der Waals surface area (Å²) in [7, 11) is 0. The number of nitrogens with one attached hydrogen (secondary N) is 1. The molecule has 1 aliphatic heterocycles. The maximum atomic E-state index is 9.85. The van der Waals surface area contributed by atoms with E-state index in [1.807, 2.05) is 0 Å². The Balaban J connectivity index is 1.44. The first-order valence-corrected chi connectivity index (χ1v) is 7.97. The van der Waals surface area contributed by atoms with E-state index in [-0.39, 0.29) is 5.54 Å². The molecule has 3 nitrogen and oxygen atoms in total. The summed E-state index contributed by atoms with van der Waals surface area (Å²) >= 11 is 0. The van der Waals surface area contributed by atoms with Gasteiger partial charge in [-0.2, -0.15) is 0 Å². The number of hydrogen-bond acceptors (Lipinski definition) is 3. The van der Waals surface area contributed by atoms with Crippen LogP contribution in [-0.2, 0) is 13.1 Å². The van der Waals surface area contributed by atoms with Gasteiger partial charge < -0.3 is 10.4 Å². The van der Waals surface area contributed by atoms with Crippen molar-refractivity contribution in [1.29, 1.82) is 0 Å². The van der Waals surface area contributed by atoms with Crippen LogP contribution in [-0.4, -0.2) is 34.2 Å². The largest absolute Gasteiger partial charge is 0.394 e. The molecular formula is C17H24N2O. The first-order valence-electron chi connectivity index (χ1n) is 7.97. The summed E-state index contributed by atoms with van der Waals surface area (Å²) in [6.45, 7) is 2.47. The van der Waals surface area contributed by atoms with Crippen LogP contribution in [0.25, 0.3) is 0 Å². The Morgan fingerprint density at radius 3 is 2.45 bits per heavy atom. The Hall–Kier alpha value is -0.900. The highest BCUT2D eigenvalue weighted by atomic mass is 16.3. The summed E-state index contributed by atoms with van der Waals surface area (Å²) in [4.78, 5) is 2.61. The summed E-state index contributed by atoms with van der Waals surface area (Å²) in [6.07, 6.45) is 6.03. The Kier molecular flexibility index (Phi) is 3.09. The molecule has 0 spiro atoms. The van der Waals surface area contributed by atoms with Crippen molar-refractivity contribution in [2.45, 2.75) is 62.8 Å². The third kappa shape index (κ3) is 2.28. The van der Waals surface area contributed by atoms with Gasteiger partial charge in [0.2, 0.25) is 0 Å². The fraction of sp³-hybridized carbons (Fsp3) is 0.647. The first-order chi connectivity index (χ1) is 9.78. The first kappa shape index (κ1) is 12.8. The van der Waals surface area contributed by atoms with Crippen molar-refractivity contribution >= 4 is 0 Å². The highest BCUT2D eigenvalue weighted by Crippen LogP contribution is 2.38. The zero-order valence-electron chi connectivity index (χ0n) is 12.0. The van der Waals surface area contributed by atoms with Gasteiger partial charge in [0, 0.05) is 30.7 Å². The van der Waals surface area contributed by atoms with Gasteiger partial charge in [0.05, 0.1) is 6.61 Å². The molecule has 3 aliphatic rings. The minimum Gasteiger partial charge on any atom is -0.394 e. The van der Waals surface area contributed by atoms with E-state index in [9.17, 15) is 5.11 Å². The number of nitrogens with zero attached hydrogens (tertiary/aromatic N) is 1. The van der Waals surface area contributed by atoms with E-state index in [1.54, 1.807) is 0 Å². The molecule has 4 rings (SSSR count). The van der Waals surface area contributed by atoms with E-state index in [0.717, 1.165) is 25.9 Å². The van der Waals surface area contributed by atoms with Crippen LogP contribution in [0.5, 0.6) is 0 Å². The van der Waals surface area contributed by atoms with Gasteiger partial charge in [0.15, 0.2) is 0 Å². The zero-order valence-corrected chi connectivity index (χ0v) is 12.0. The minimum absolute atomic E-state index is 0.000603. The molecule has 3 heteroatoms. The second-order valence-electron chi connectivity index (χ2n) is 6.93. The SMILES string of the molecule is OCC1(NC2CC2)CCC(N2Cc3ccccc3C2)C1. The molecular weight excluding hydrogens is 248 g/mol. The molecule has 2 N–H and O–H groups in total. The number of benzene rings is 1. The average molecular weight is 272 g/mol. The lowest BCUT2D eigenvalue weighted by Crippen LogP contribution is -2.48. The van der Waals surface area contributed by atoms with Crippen molar-refractivity contribution in [3.05, 3.63) is 35.4 Å². The standard InChI is InChI=1S/C17H24N2O/c20-12-17(18-15-5-6-15)8-7-16(9-17)19-10-13-3-1-2-4-14(13)11-19/h1-4,15-16,18,20H,5-12H2. The monoisotopic (exact) mass is 272 g/mol. The molecule has 2 fully saturated rings. The molecule has 20 heavy (non-hydrogen) atoms. The van der Waals surface area contributed by atoms with Gasteiger partial charge in [0.25, 0.3) is 0 Å². The van der Waals surface area contributed by atoms with Crippen LogP contribution in [0.3, 0.4) is 0 Å². The fourth-order valence-corrected chi connectivity index (χ4v) is 4.01. The van der Waals surface area contributed by atoms with E-state index in [4.69, 9.17) is 0 Å². The fourth-order valence-electron chi connectivity index (χ4n) is 4.01. The second-order valence-corrected chi connectivity index (χ2v) is 6.93. The van der Waals surface area contributed by atoms with E-state index >= 15 is 0 Å². The van der Waals surface area contributed by atoms with Crippen LogP contribution in [0.2, 0.25) is 0 Å². The predicted octanol–water partition coefficient (Wildman–Crippen LogP) is 2.04. The number of aliphatic hydroxyl groups is 1. The van der Waals surface area contributed by atoms with Crippen LogP contribution >= 0.6 is 0 Å². The molecule has 2 atom stereocenters. The van der Waals surface area contributed by atoms with Crippen LogP contribution in [0.4, 0.5) is 0 Å². The Bertz CT molecular complexity index is 475. The maximum absolute atomic E-state index is 9.85. The number of aliphatic hydroxyl groups excluding tert-OH is 1. The number of rotatable bonds is 4. The highest BCUT2D eigenvalue weighted by Gasteiger charge is 2.44. The molecule has 2 aliphatic carbocycles. The van der Waals surface area contributed by atoms with Gasteiger partial charge in [-0.1, -0.05) is 24.3 Å².